The van der Waals surface area contributed by atoms with Gasteiger partial charge in [0.25, 0.3) is 0 Å². The maximum absolute atomic E-state index is 3.28. The van der Waals surface area contributed by atoms with Gasteiger partial charge in [0.1, 0.15) is 0 Å². The van der Waals surface area contributed by atoms with Crippen LogP contribution >= 0.6 is 0 Å². The van der Waals surface area contributed by atoms with Gasteiger partial charge in [-0.05, 0) is 34.0 Å². The Morgan fingerprint density at radius 2 is 2.07 bits per heavy atom. The van der Waals surface area contributed by atoms with Crippen LogP contribution in [0.4, 0.5) is 0 Å². The minimum Gasteiger partial charge on any atom is -0.318 e. The first-order valence-electron chi connectivity index (χ1n) is 5.78. The van der Waals surface area contributed by atoms with Gasteiger partial charge < -0.3 is 5.32 Å². The Balaban J connectivity index is 2.47. The van der Waals surface area contributed by atoms with Gasteiger partial charge in [-0.15, -0.1) is 0 Å². The highest BCUT2D eigenvalue weighted by molar-refractivity contribution is 4.85. The summed E-state index contributed by atoms with van der Waals surface area (Å²) in [4.78, 5) is 5.09. The Hall–Kier alpha value is -0.120. The number of rotatable bonds is 4. The van der Waals surface area contributed by atoms with Crippen molar-refractivity contribution < 1.29 is 0 Å². The molecule has 0 saturated carbocycles. The molecule has 84 valence electrons. The van der Waals surface area contributed by atoms with Gasteiger partial charge in [0.05, 0.1) is 0 Å². The molecule has 0 aliphatic carbocycles. The van der Waals surface area contributed by atoms with Crippen LogP contribution in [0.15, 0.2) is 0 Å². The lowest BCUT2D eigenvalue weighted by Gasteiger charge is -2.43. The quantitative estimate of drug-likeness (QED) is 0.716. The largest absolute Gasteiger partial charge is 0.318 e. The molecule has 0 aromatic carbocycles. The molecule has 1 aliphatic rings. The van der Waals surface area contributed by atoms with Crippen molar-refractivity contribution in [1.29, 1.82) is 0 Å². The minimum atomic E-state index is 0.683. The summed E-state index contributed by atoms with van der Waals surface area (Å²) in [6, 6.07) is 1.40. The van der Waals surface area contributed by atoms with Crippen LogP contribution < -0.4 is 5.32 Å². The Morgan fingerprint density at radius 1 is 1.36 bits per heavy atom. The number of nitrogens with zero attached hydrogens (tertiary/aromatic N) is 2. The zero-order valence-electron chi connectivity index (χ0n) is 10.1. The second kappa shape index (κ2) is 5.69. The van der Waals surface area contributed by atoms with E-state index in [9.17, 15) is 0 Å². The smallest absolute Gasteiger partial charge is 0.0345 e. The van der Waals surface area contributed by atoms with Crippen LogP contribution in [0.3, 0.4) is 0 Å². The second-order valence-electron chi connectivity index (χ2n) is 4.50. The molecule has 14 heavy (non-hydrogen) atoms. The fraction of sp³-hybridized carbons (Fsp3) is 1.00. The summed E-state index contributed by atoms with van der Waals surface area (Å²) in [5.41, 5.74) is 0. The van der Waals surface area contributed by atoms with Crippen molar-refractivity contribution in [3.8, 4) is 0 Å². The highest BCUT2D eigenvalue weighted by atomic mass is 15.3. The molecule has 0 radical (unpaired) electrons. The maximum atomic E-state index is 3.28. The number of piperazine rings is 1. The van der Waals surface area contributed by atoms with E-state index in [1.54, 1.807) is 0 Å². The predicted octanol–water partition coefficient (Wildman–Crippen LogP) is 0.620. The van der Waals surface area contributed by atoms with Crippen molar-refractivity contribution in [2.75, 3.05) is 40.3 Å². The van der Waals surface area contributed by atoms with E-state index in [4.69, 9.17) is 0 Å². The number of hydrogen-bond donors (Lipinski definition) is 1. The molecule has 0 bridgehead atoms. The summed E-state index contributed by atoms with van der Waals surface area (Å²) < 4.78 is 0. The zero-order valence-corrected chi connectivity index (χ0v) is 10.1. The van der Waals surface area contributed by atoms with Crippen molar-refractivity contribution in [2.45, 2.75) is 32.4 Å². The number of hydrogen-bond acceptors (Lipinski definition) is 3. The summed E-state index contributed by atoms with van der Waals surface area (Å²) in [6.07, 6.45) is 1.26. The third kappa shape index (κ3) is 2.94. The summed E-state index contributed by atoms with van der Waals surface area (Å²) in [5.74, 6) is 0. The van der Waals surface area contributed by atoms with Crippen LogP contribution in [-0.2, 0) is 0 Å². The lowest BCUT2D eigenvalue weighted by Crippen LogP contribution is -2.58. The van der Waals surface area contributed by atoms with E-state index < -0.39 is 0 Å². The number of likely N-dealkylation sites (N-methyl/N-ethyl adjacent to an activating group) is 2. The van der Waals surface area contributed by atoms with Gasteiger partial charge in [-0.1, -0.05) is 6.92 Å². The van der Waals surface area contributed by atoms with Crippen LogP contribution in [0.1, 0.15) is 20.3 Å². The predicted molar refractivity (Wildman–Crippen MR) is 61.7 cm³/mol. The van der Waals surface area contributed by atoms with E-state index in [1.165, 1.54) is 26.1 Å². The monoisotopic (exact) mass is 199 g/mol. The molecule has 1 fully saturated rings. The average molecular weight is 199 g/mol. The normalized spacial score (nSPS) is 30.9. The molecule has 0 aromatic rings. The highest BCUT2D eigenvalue weighted by Crippen LogP contribution is 2.13. The molecule has 1 aliphatic heterocycles. The Kier molecular flexibility index (Phi) is 4.85. The highest BCUT2D eigenvalue weighted by Gasteiger charge is 2.27. The van der Waals surface area contributed by atoms with Gasteiger partial charge in [-0.25, -0.2) is 0 Å². The van der Waals surface area contributed by atoms with Gasteiger partial charge in [0.15, 0.2) is 0 Å². The first-order chi connectivity index (χ1) is 6.69. The van der Waals surface area contributed by atoms with Crippen LogP contribution in [0.5, 0.6) is 0 Å². The molecular weight excluding hydrogens is 174 g/mol. The molecule has 0 aromatic heterocycles. The molecule has 1 heterocycles. The molecule has 0 spiro atoms. The first kappa shape index (κ1) is 12.0. The molecule has 0 amide bonds. The first-order valence-corrected chi connectivity index (χ1v) is 5.78. The Morgan fingerprint density at radius 3 is 2.64 bits per heavy atom. The van der Waals surface area contributed by atoms with Crippen LogP contribution in [-0.4, -0.2) is 62.2 Å². The van der Waals surface area contributed by atoms with E-state index in [-0.39, 0.29) is 0 Å². The average Bonchev–Trinajstić information content (AvgIpc) is 2.14. The maximum Gasteiger partial charge on any atom is 0.0345 e. The van der Waals surface area contributed by atoms with E-state index in [0.29, 0.717) is 12.1 Å². The Bertz CT molecular complexity index is 145. The molecule has 1 saturated heterocycles. The van der Waals surface area contributed by atoms with Crippen LogP contribution in [0.2, 0.25) is 0 Å². The van der Waals surface area contributed by atoms with Crippen molar-refractivity contribution in [3.63, 3.8) is 0 Å². The standard InChI is InChI=1S/C11H25N3/c1-5-6-14-9-11(7-12-3)13(4)8-10(14)2/h10-12H,5-9H2,1-4H3. The third-order valence-electron chi connectivity index (χ3n) is 3.19. The fourth-order valence-electron chi connectivity index (χ4n) is 2.33. The molecule has 2 atom stereocenters. The van der Waals surface area contributed by atoms with Gasteiger partial charge in [0, 0.05) is 31.7 Å². The van der Waals surface area contributed by atoms with Crippen molar-refractivity contribution in [2.24, 2.45) is 0 Å². The van der Waals surface area contributed by atoms with Crippen molar-refractivity contribution in [3.05, 3.63) is 0 Å². The van der Waals surface area contributed by atoms with Crippen LogP contribution in [0, 0.1) is 0 Å². The second-order valence-corrected chi connectivity index (χ2v) is 4.50. The molecule has 2 unspecified atom stereocenters. The molecular formula is C11H25N3. The number of nitrogens with one attached hydrogen (secondary N) is 1. The fourth-order valence-corrected chi connectivity index (χ4v) is 2.33. The lowest BCUT2D eigenvalue weighted by molar-refractivity contribution is 0.0532. The zero-order chi connectivity index (χ0) is 10.6. The molecule has 3 heteroatoms. The topological polar surface area (TPSA) is 18.5 Å². The van der Waals surface area contributed by atoms with Gasteiger partial charge >= 0.3 is 0 Å². The van der Waals surface area contributed by atoms with Gasteiger partial charge in [0.2, 0.25) is 0 Å². The van der Waals surface area contributed by atoms with E-state index in [0.717, 1.165) is 6.54 Å². The van der Waals surface area contributed by atoms with Crippen molar-refractivity contribution in [1.82, 2.24) is 15.1 Å². The summed E-state index contributed by atoms with van der Waals surface area (Å²) >= 11 is 0. The molecule has 1 rings (SSSR count). The van der Waals surface area contributed by atoms with Crippen LogP contribution in [0.25, 0.3) is 0 Å². The summed E-state index contributed by atoms with van der Waals surface area (Å²) in [6.45, 7) is 9.36. The van der Waals surface area contributed by atoms with E-state index in [2.05, 4.69) is 36.0 Å². The van der Waals surface area contributed by atoms with Gasteiger partial charge in [-0.2, -0.15) is 0 Å². The summed E-state index contributed by atoms with van der Waals surface area (Å²) in [7, 11) is 4.28. The minimum absolute atomic E-state index is 0.683. The lowest BCUT2D eigenvalue weighted by atomic mass is 10.1. The summed E-state index contributed by atoms with van der Waals surface area (Å²) in [5, 5.41) is 3.28. The van der Waals surface area contributed by atoms with E-state index in [1.807, 2.05) is 7.05 Å². The molecule has 1 N–H and O–H groups in total. The SMILES string of the molecule is CCCN1CC(CNC)N(C)CC1C. The molecule has 3 nitrogen and oxygen atoms in total. The van der Waals surface area contributed by atoms with E-state index >= 15 is 0 Å². The van der Waals surface area contributed by atoms with Crippen molar-refractivity contribution >= 4 is 0 Å². The Labute approximate surface area is 88.5 Å². The third-order valence-corrected chi connectivity index (χ3v) is 3.19. The van der Waals surface area contributed by atoms with Gasteiger partial charge in [-0.3, -0.25) is 9.80 Å².